The Kier molecular flexibility index (Phi) is 3.36. The van der Waals surface area contributed by atoms with Crippen LogP contribution in [0.4, 0.5) is 0 Å². The summed E-state index contributed by atoms with van der Waals surface area (Å²) in [5.41, 5.74) is 0. The van der Waals surface area contributed by atoms with Gasteiger partial charge in [0, 0.05) is 19.5 Å². The highest BCUT2D eigenvalue weighted by molar-refractivity contribution is 5.77. The first-order chi connectivity index (χ1) is 5.34. The number of rotatable bonds is 2. The van der Waals surface area contributed by atoms with Crippen molar-refractivity contribution in [3.8, 4) is 0 Å². The van der Waals surface area contributed by atoms with Crippen LogP contribution in [0.3, 0.4) is 0 Å². The maximum absolute atomic E-state index is 11.2. The third-order valence-electron chi connectivity index (χ3n) is 1.74. The molecule has 1 fully saturated rings. The van der Waals surface area contributed by atoms with Crippen molar-refractivity contribution in [2.24, 2.45) is 0 Å². The van der Waals surface area contributed by atoms with E-state index in [9.17, 15) is 4.79 Å². The van der Waals surface area contributed by atoms with Crippen molar-refractivity contribution in [1.82, 2.24) is 4.90 Å². The Morgan fingerprint density at radius 2 is 2.18 bits per heavy atom. The quantitative estimate of drug-likeness (QED) is 0.581. The molecule has 0 N–H and O–H groups in total. The molecule has 0 aromatic heterocycles. The monoisotopic (exact) mass is 156 g/mol. The van der Waals surface area contributed by atoms with Crippen LogP contribution in [0.1, 0.15) is 13.3 Å². The van der Waals surface area contributed by atoms with Gasteiger partial charge in [-0.2, -0.15) is 0 Å². The van der Waals surface area contributed by atoms with Gasteiger partial charge in [0.05, 0.1) is 13.2 Å². The molecule has 0 aliphatic carbocycles. The molecule has 0 unspecified atom stereocenters. The fourth-order valence-corrected chi connectivity index (χ4v) is 1.12. The van der Waals surface area contributed by atoms with Gasteiger partial charge in [0.15, 0.2) is 0 Å². The van der Waals surface area contributed by atoms with Crippen LogP contribution in [0.25, 0.3) is 0 Å². The summed E-state index contributed by atoms with van der Waals surface area (Å²) in [6.07, 6.45) is 2.44. The fourth-order valence-electron chi connectivity index (χ4n) is 1.12. The molecule has 1 heterocycles. The molecule has 1 radical (unpaired) electrons. The van der Waals surface area contributed by atoms with E-state index in [1.54, 1.807) is 0 Å². The predicted molar refractivity (Wildman–Crippen MR) is 42.0 cm³/mol. The number of nitrogens with zero attached hydrogens (tertiary/aromatic N) is 1. The molecule has 0 aromatic rings. The highest BCUT2D eigenvalue weighted by Crippen LogP contribution is 2.00. The van der Waals surface area contributed by atoms with Crippen molar-refractivity contribution < 1.29 is 9.53 Å². The van der Waals surface area contributed by atoms with Gasteiger partial charge < -0.3 is 9.64 Å². The van der Waals surface area contributed by atoms with E-state index in [0.717, 1.165) is 13.1 Å². The van der Waals surface area contributed by atoms with E-state index in [4.69, 9.17) is 4.74 Å². The number of carbonyl (C=O) groups is 1. The number of morpholine rings is 1. The molecule has 1 aliphatic heterocycles. The molecule has 3 heteroatoms. The summed E-state index contributed by atoms with van der Waals surface area (Å²) in [6, 6.07) is 0. The van der Waals surface area contributed by atoms with E-state index < -0.39 is 0 Å². The molecule has 0 aromatic carbocycles. The van der Waals surface area contributed by atoms with E-state index in [1.807, 2.05) is 18.2 Å². The molecule has 1 aliphatic rings. The Bertz CT molecular complexity index is 130. The SMILES string of the molecule is C[CH]CC(=O)N1CCOCC1. The third-order valence-corrected chi connectivity index (χ3v) is 1.74. The molecule has 1 saturated heterocycles. The van der Waals surface area contributed by atoms with Gasteiger partial charge in [0.25, 0.3) is 0 Å². The summed E-state index contributed by atoms with van der Waals surface area (Å²) in [5.74, 6) is 0.218. The summed E-state index contributed by atoms with van der Waals surface area (Å²) < 4.78 is 5.12. The van der Waals surface area contributed by atoms with Crippen molar-refractivity contribution in [2.75, 3.05) is 26.3 Å². The zero-order valence-corrected chi connectivity index (χ0v) is 6.88. The highest BCUT2D eigenvalue weighted by Gasteiger charge is 2.14. The first-order valence-electron chi connectivity index (χ1n) is 3.98. The summed E-state index contributed by atoms with van der Waals surface area (Å²) in [7, 11) is 0. The largest absolute Gasteiger partial charge is 0.378 e. The molecule has 0 saturated carbocycles. The zero-order valence-electron chi connectivity index (χ0n) is 6.88. The predicted octanol–water partition coefficient (Wildman–Crippen LogP) is 0.459. The first-order valence-corrected chi connectivity index (χ1v) is 3.98. The third kappa shape index (κ3) is 2.50. The molecule has 3 nitrogen and oxygen atoms in total. The molecule has 1 amide bonds. The topological polar surface area (TPSA) is 29.5 Å². The second-order valence-corrected chi connectivity index (χ2v) is 2.61. The summed E-state index contributed by atoms with van der Waals surface area (Å²) in [4.78, 5) is 13.1. The second-order valence-electron chi connectivity index (χ2n) is 2.61. The van der Waals surface area contributed by atoms with Crippen molar-refractivity contribution in [1.29, 1.82) is 0 Å². The minimum absolute atomic E-state index is 0.218. The molecular formula is C8H14NO2. The number of carbonyl (C=O) groups excluding carboxylic acids is 1. The van der Waals surface area contributed by atoms with Gasteiger partial charge in [-0.05, 0) is 6.42 Å². The number of hydrogen-bond donors (Lipinski definition) is 0. The van der Waals surface area contributed by atoms with E-state index in [0.29, 0.717) is 19.6 Å². The van der Waals surface area contributed by atoms with Crippen LogP contribution in [0.15, 0.2) is 0 Å². The molecule has 1 rings (SSSR count). The van der Waals surface area contributed by atoms with Gasteiger partial charge in [0.1, 0.15) is 0 Å². The number of amides is 1. The molecular weight excluding hydrogens is 142 g/mol. The van der Waals surface area contributed by atoms with Crippen LogP contribution >= 0.6 is 0 Å². The average Bonchev–Trinajstić information content (AvgIpc) is 2.07. The lowest BCUT2D eigenvalue weighted by atomic mass is 10.3. The van der Waals surface area contributed by atoms with E-state index in [1.165, 1.54) is 0 Å². The van der Waals surface area contributed by atoms with Gasteiger partial charge >= 0.3 is 0 Å². The van der Waals surface area contributed by atoms with Crippen LogP contribution in [-0.2, 0) is 9.53 Å². The van der Waals surface area contributed by atoms with Crippen LogP contribution in [0, 0.1) is 6.42 Å². The van der Waals surface area contributed by atoms with Gasteiger partial charge in [-0.3, -0.25) is 4.79 Å². The number of hydrogen-bond acceptors (Lipinski definition) is 2. The fraction of sp³-hybridized carbons (Fsp3) is 0.750. The average molecular weight is 156 g/mol. The minimum atomic E-state index is 0.218. The Morgan fingerprint density at radius 1 is 1.55 bits per heavy atom. The van der Waals surface area contributed by atoms with Gasteiger partial charge in [-0.15, -0.1) is 0 Å². The van der Waals surface area contributed by atoms with Crippen molar-refractivity contribution in [2.45, 2.75) is 13.3 Å². The number of ether oxygens (including phenoxy) is 1. The highest BCUT2D eigenvalue weighted by atomic mass is 16.5. The Hall–Kier alpha value is -0.570. The minimum Gasteiger partial charge on any atom is -0.378 e. The Balaban J connectivity index is 2.27. The van der Waals surface area contributed by atoms with E-state index in [2.05, 4.69) is 0 Å². The summed E-state index contributed by atoms with van der Waals surface area (Å²) in [6.45, 7) is 4.79. The van der Waals surface area contributed by atoms with E-state index >= 15 is 0 Å². The zero-order chi connectivity index (χ0) is 8.10. The maximum atomic E-state index is 11.2. The normalized spacial score (nSPS) is 18.5. The van der Waals surface area contributed by atoms with Gasteiger partial charge in [-0.25, -0.2) is 0 Å². The Morgan fingerprint density at radius 3 is 2.73 bits per heavy atom. The van der Waals surface area contributed by atoms with Crippen LogP contribution < -0.4 is 0 Å². The van der Waals surface area contributed by atoms with Gasteiger partial charge in [0.2, 0.25) is 5.91 Å². The van der Waals surface area contributed by atoms with Crippen molar-refractivity contribution in [3.63, 3.8) is 0 Å². The summed E-state index contributed by atoms with van der Waals surface area (Å²) >= 11 is 0. The van der Waals surface area contributed by atoms with Gasteiger partial charge in [-0.1, -0.05) is 6.92 Å². The lowest BCUT2D eigenvalue weighted by Crippen LogP contribution is -2.40. The van der Waals surface area contributed by atoms with Crippen LogP contribution in [0.2, 0.25) is 0 Å². The lowest BCUT2D eigenvalue weighted by molar-refractivity contribution is -0.134. The smallest absolute Gasteiger partial charge is 0.223 e. The standard InChI is InChI=1S/C8H14NO2/c1-2-3-8(10)9-4-6-11-7-5-9/h2H,3-7H2,1H3. The molecule has 11 heavy (non-hydrogen) atoms. The van der Waals surface area contributed by atoms with Crippen molar-refractivity contribution in [3.05, 3.63) is 6.42 Å². The molecule has 0 bridgehead atoms. The lowest BCUT2D eigenvalue weighted by Gasteiger charge is -2.26. The van der Waals surface area contributed by atoms with Crippen molar-refractivity contribution >= 4 is 5.91 Å². The molecule has 63 valence electrons. The second kappa shape index (κ2) is 4.34. The molecule has 0 atom stereocenters. The first kappa shape index (κ1) is 8.53. The van der Waals surface area contributed by atoms with Crippen LogP contribution in [0.5, 0.6) is 0 Å². The van der Waals surface area contributed by atoms with E-state index in [-0.39, 0.29) is 5.91 Å². The summed E-state index contributed by atoms with van der Waals surface area (Å²) in [5, 5.41) is 0. The maximum Gasteiger partial charge on any atom is 0.223 e. The van der Waals surface area contributed by atoms with Crippen LogP contribution in [-0.4, -0.2) is 37.1 Å². The Labute approximate surface area is 67.3 Å². The molecule has 0 spiro atoms.